The number of rotatable bonds is 6. The number of aryl methyl sites for hydroxylation is 1. The Balaban J connectivity index is 1.41. The van der Waals surface area contributed by atoms with Gasteiger partial charge in [0.25, 0.3) is 0 Å². The van der Waals surface area contributed by atoms with Crippen molar-refractivity contribution in [3.05, 3.63) is 66.1 Å². The number of nitrogens with zero attached hydrogens (tertiary/aromatic N) is 6. The molecule has 3 aromatic heterocycles. The third-order valence-corrected chi connectivity index (χ3v) is 5.57. The van der Waals surface area contributed by atoms with E-state index in [0.29, 0.717) is 30.1 Å². The molecule has 1 N–H and O–H groups in total. The molecule has 1 aromatic carbocycles. The average Bonchev–Trinajstić information content (AvgIpc) is 3.63. The SMILES string of the molecule is N#CCCn1cnc2cc(-c3cc(C4CC4)cc(OC(=O)Nc4cc(C#N)ccn4)n3)ccc21. The van der Waals surface area contributed by atoms with E-state index in [4.69, 9.17) is 15.3 Å². The molecule has 4 aromatic rings. The maximum Gasteiger partial charge on any atom is 0.419 e. The summed E-state index contributed by atoms with van der Waals surface area (Å²) in [7, 11) is 0. The number of nitrogens with one attached hydrogen (secondary N) is 1. The Morgan fingerprint density at radius 1 is 1.15 bits per heavy atom. The predicted molar refractivity (Wildman–Crippen MR) is 124 cm³/mol. The van der Waals surface area contributed by atoms with Gasteiger partial charge in [0.2, 0.25) is 5.88 Å². The molecule has 1 amide bonds. The van der Waals surface area contributed by atoms with Crippen molar-refractivity contribution in [1.29, 1.82) is 10.5 Å². The first-order valence-electron chi connectivity index (χ1n) is 10.8. The van der Waals surface area contributed by atoms with Crippen molar-refractivity contribution in [2.45, 2.75) is 31.7 Å². The summed E-state index contributed by atoms with van der Waals surface area (Å²) in [6, 6.07) is 16.8. The number of fused-ring (bicyclic) bond motifs is 1. The van der Waals surface area contributed by atoms with Crippen LogP contribution in [0.1, 0.15) is 36.3 Å². The van der Waals surface area contributed by atoms with Crippen LogP contribution in [0.25, 0.3) is 22.3 Å². The number of carbonyl (C=O) groups is 1. The van der Waals surface area contributed by atoms with E-state index in [2.05, 4.69) is 26.3 Å². The van der Waals surface area contributed by atoms with Gasteiger partial charge in [0.1, 0.15) is 5.82 Å². The van der Waals surface area contributed by atoms with Crippen LogP contribution in [0, 0.1) is 22.7 Å². The molecule has 9 nitrogen and oxygen atoms in total. The van der Waals surface area contributed by atoms with Gasteiger partial charge in [0.15, 0.2) is 0 Å². The number of hydrogen-bond acceptors (Lipinski definition) is 7. The first-order valence-corrected chi connectivity index (χ1v) is 10.8. The maximum absolute atomic E-state index is 12.5. The summed E-state index contributed by atoms with van der Waals surface area (Å²) >= 11 is 0. The highest BCUT2D eigenvalue weighted by Gasteiger charge is 2.25. The Morgan fingerprint density at radius 3 is 2.82 bits per heavy atom. The van der Waals surface area contributed by atoms with Gasteiger partial charge in [0.05, 0.1) is 47.2 Å². The molecule has 9 heteroatoms. The lowest BCUT2D eigenvalue weighted by molar-refractivity contribution is 0.213. The highest BCUT2D eigenvalue weighted by molar-refractivity contribution is 5.85. The molecule has 0 unspecified atom stereocenters. The van der Waals surface area contributed by atoms with Gasteiger partial charge in [0, 0.05) is 24.4 Å². The Labute approximate surface area is 195 Å². The van der Waals surface area contributed by atoms with E-state index < -0.39 is 6.09 Å². The quantitative estimate of drug-likeness (QED) is 0.449. The standard InChI is InChI=1S/C25H19N7O2/c26-7-1-9-32-15-29-21-11-18(4-5-22(21)32)20-12-19(17-2-3-17)13-24(30-20)34-25(33)31-23-10-16(14-27)6-8-28-23/h4-6,8,10-13,15,17H,1-3,9H2,(H,28,31,33). The van der Waals surface area contributed by atoms with Crippen LogP contribution >= 0.6 is 0 Å². The lowest BCUT2D eigenvalue weighted by atomic mass is 10.1. The fourth-order valence-electron chi connectivity index (χ4n) is 3.74. The van der Waals surface area contributed by atoms with Crippen LogP contribution in [0.4, 0.5) is 10.6 Å². The molecule has 5 rings (SSSR count). The molecule has 0 atom stereocenters. The first-order chi connectivity index (χ1) is 16.6. The van der Waals surface area contributed by atoms with Crippen LogP contribution < -0.4 is 10.1 Å². The molecule has 1 fully saturated rings. The summed E-state index contributed by atoms with van der Waals surface area (Å²) in [6.45, 7) is 0.584. The molecular weight excluding hydrogens is 430 g/mol. The second kappa shape index (κ2) is 9.00. The highest BCUT2D eigenvalue weighted by Crippen LogP contribution is 2.42. The number of imidazole rings is 1. The number of carbonyl (C=O) groups excluding carboxylic acids is 1. The van der Waals surface area contributed by atoms with E-state index in [9.17, 15) is 4.79 Å². The number of hydrogen-bond donors (Lipinski definition) is 1. The van der Waals surface area contributed by atoms with Gasteiger partial charge >= 0.3 is 6.09 Å². The number of benzene rings is 1. The Bertz CT molecular complexity index is 1470. The summed E-state index contributed by atoms with van der Waals surface area (Å²) < 4.78 is 7.42. The smallest absolute Gasteiger partial charge is 0.391 e. The molecule has 1 aliphatic rings. The zero-order chi connectivity index (χ0) is 23.5. The third kappa shape index (κ3) is 4.54. The molecule has 0 spiro atoms. The predicted octanol–water partition coefficient (Wildman–Crippen LogP) is 4.77. The summed E-state index contributed by atoms with van der Waals surface area (Å²) in [5, 5.41) is 20.4. The Hall–Kier alpha value is -4.76. The number of nitriles is 2. The van der Waals surface area contributed by atoms with E-state index >= 15 is 0 Å². The van der Waals surface area contributed by atoms with Crippen molar-refractivity contribution in [3.63, 3.8) is 0 Å². The highest BCUT2D eigenvalue weighted by atomic mass is 16.6. The van der Waals surface area contributed by atoms with Gasteiger partial charge in [-0.3, -0.25) is 5.32 Å². The molecule has 3 heterocycles. The van der Waals surface area contributed by atoms with Gasteiger partial charge in [-0.15, -0.1) is 0 Å². The van der Waals surface area contributed by atoms with Crippen molar-refractivity contribution in [1.82, 2.24) is 19.5 Å². The van der Waals surface area contributed by atoms with Crippen LogP contribution in [-0.4, -0.2) is 25.6 Å². The van der Waals surface area contributed by atoms with Crippen molar-refractivity contribution in [2.24, 2.45) is 0 Å². The zero-order valence-electron chi connectivity index (χ0n) is 18.1. The molecule has 34 heavy (non-hydrogen) atoms. The molecule has 1 saturated carbocycles. The van der Waals surface area contributed by atoms with E-state index in [-0.39, 0.29) is 11.7 Å². The van der Waals surface area contributed by atoms with Crippen molar-refractivity contribution < 1.29 is 9.53 Å². The Morgan fingerprint density at radius 2 is 2.03 bits per heavy atom. The van der Waals surface area contributed by atoms with Gasteiger partial charge in [-0.2, -0.15) is 10.5 Å². The normalized spacial score (nSPS) is 12.6. The molecule has 166 valence electrons. The Kier molecular flexibility index (Phi) is 5.59. The number of pyridine rings is 2. The third-order valence-electron chi connectivity index (χ3n) is 5.57. The van der Waals surface area contributed by atoms with Crippen LogP contribution in [0.3, 0.4) is 0 Å². The number of amides is 1. The summed E-state index contributed by atoms with van der Waals surface area (Å²) in [5.74, 6) is 0.836. The van der Waals surface area contributed by atoms with Gasteiger partial charge in [-0.25, -0.2) is 19.7 Å². The summed E-state index contributed by atoms with van der Waals surface area (Å²) in [4.78, 5) is 25.5. The molecule has 0 aliphatic heterocycles. The van der Waals surface area contributed by atoms with Crippen LogP contribution in [0.5, 0.6) is 5.88 Å². The minimum absolute atomic E-state index is 0.188. The topological polar surface area (TPSA) is 130 Å². The van der Waals surface area contributed by atoms with Gasteiger partial charge < -0.3 is 9.30 Å². The number of anilines is 1. The number of aromatic nitrogens is 4. The first kappa shape index (κ1) is 21.1. The van der Waals surface area contributed by atoms with Gasteiger partial charge in [-0.05, 0) is 54.7 Å². The van der Waals surface area contributed by atoms with E-state index in [0.717, 1.165) is 35.0 Å². The fourth-order valence-corrected chi connectivity index (χ4v) is 3.74. The molecular formula is C25H19N7O2. The van der Waals surface area contributed by atoms with E-state index in [1.54, 1.807) is 18.5 Å². The molecule has 1 aliphatic carbocycles. The average molecular weight is 449 g/mol. The van der Waals surface area contributed by atoms with Gasteiger partial charge in [-0.1, -0.05) is 6.07 Å². The second-order valence-corrected chi connectivity index (χ2v) is 8.00. The summed E-state index contributed by atoms with van der Waals surface area (Å²) in [6.07, 6.45) is 5.02. The molecule has 0 radical (unpaired) electrons. The van der Waals surface area contributed by atoms with Crippen molar-refractivity contribution >= 4 is 22.9 Å². The van der Waals surface area contributed by atoms with Crippen molar-refractivity contribution in [3.8, 4) is 29.3 Å². The molecule has 0 saturated heterocycles. The monoisotopic (exact) mass is 449 g/mol. The summed E-state index contributed by atoms with van der Waals surface area (Å²) in [5.41, 5.74) is 4.74. The van der Waals surface area contributed by atoms with Crippen LogP contribution in [0.2, 0.25) is 0 Å². The van der Waals surface area contributed by atoms with E-state index in [1.165, 1.54) is 12.3 Å². The minimum Gasteiger partial charge on any atom is -0.391 e. The fraction of sp³-hybridized carbons (Fsp3) is 0.200. The zero-order valence-corrected chi connectivity index (χ0v) is 18.1. The minimum atomic E-state index is -0.735. The van der Waals surface area contributed by atoms with E-state index in [1.807, 2.05) is 34.9 Å². The van der Waals surface area contributed by atoms with Crippen molar-refractivity contribution in [2.75, 3.05) is 5.32 Å². The van der Waals surface area contributed by atoms with Crippen LogP contribution in [0.15, 0.2) is 55.0 Å². The maximum atomic E-state index is 12.5. The lowest BCUT2D eigenvalue weighted by Crippen LogP contribution is -2.18. The van der Waals surface area contributed by atoms with Crippen LogP contribution in [-0.2, 0) is 6.54 Å². The number of ether oxygens (including phenoxy) is 1. The lowest BCUT2D eigenvalue weighted by Gasteiger charge is -2.10. The second-order valence-electron chi connectivity index (χ2n) is 8.00. The largest absolute Gasteiger partial charge is 0.419 e. The molecule has 0 bridgehead atoms.